The van der Waals surface area contributed by atoms with E-state index < -0.39 is 56.4 Å². The Balaban J connectivity index is 0. The van der Waals surface area contributed by atoms with Crippen LogP contribution in [0.1, 0.15) is 20.8 Å². The summed E-state index contributed by atoms with van der Waals surface area (Å²) in [5.41, 5.74) is -1.03. The van der Waals surface area contributed by atoms with Gasteiger partial charge in [-0.2, -0.15) is 0 Å². The maximum atomic E-state index is 10.1. The highest BCUT2D eigenvalue weighted by atomic mass is 16.5. The van der Waals surface area contributed by atoms with E-state index in [2.05, 4.69) is 0 Å². The van der Waals surface area contributed by atoms with Gasteiger partial charge in [-0.05, 0) is 20.8 Å². The molecule has 0 heterocycles. The molecular formula is C16H32O9. The highest BCUT2D eigenvalue weighted by Crippen LogP contribution is 2.19. The van der Waals surface area contributed by atoms with Gasteiger partial charge in [-0.3, -0.25) is 0 Å². The third-order valence-electron chi connectivity index (χ3n) is 3.90. The lowest BCUT2D eigenvalue weighted by molar-refractivity contribution is -0.132. The van der Waals surface area contributed by atoms with Gasteiger partial charge in [-0.15, -0.1) is 0 Å². The molecule has 9 heteroatoms. The molecule has 0 unspecified atom stereocenters. The summed E-state index contributed by atoms with van der Waals surface area (Å²) in [5, 5.41) is 62.5. The molecule has 0 aromatic carbocycles. The SMILES string of the molecule is CC(C)=C(C)C(=O)O.OCC(CO)(CO)COCC(CO)(CO)CO. The van der Waals surface area contributed by atoms with E-state index in [9.17, 15) is 4.79 Å². The van der Waals surface area contributed by atoms with Crippen LogP contribution in [0.15, 0.2) is 11.1 Å². The Morgan fingerprint density at radius 2 is 1.00 bits per heavy atom. The summed E-state index contributed by atoms with van der Waals surface area (Å²) < 4.78 is 5.15. The summed E-state index contributed by atoms with van der Waals surface area (Å²) in [6.07, 6.45) is 0. The fraction of sp³-hybridized carbons (Fsp3) is 0.812. The summed E-state index contributed by atoms with van der Waals surface area (Å²) in [7, 11) is 0. The molecule has 0 atom stereocenters. The summed E-state index contributed by atoms with van der Waals surface area (Å²) in [6.45, 7) is 2.15. The monoisotopic (exact) mass is 368 g/mol. The van der Waals surface area contributed by atoms with E-state index in [1.807, 2.05) is 0 Å². The normalized spacial score (nSPS) is 11.6. The van der Waals surface area contributed by atoms with Crippen LogP contribution in [0.25, 0.3) is 0 Å². The lowest BCUT2D eigenvalue weighted by Gasteiger charge is -2.31. The van der Waals surface area contributed by atoms with Gasteiger partial charge in [0.05, 0.1) is 63.7 Å². The number of carboxylic acids is 1. The first-order valence-electron chi connectivity index (χ1n) is 7.73. The van der Waals surface area contributed by atoms with Crippen molar-refractivity contribution in [3.63, 3.8) is 0 Å². The molecule has 0 aromatic rings. The standard InChI is InChI=1S/C10H22O7.C6H10O2/c11-1-9(2-12,3-13)7-17-8-10(4-14,5-15)6-16;1-4(2)5(3)6(7)8/h11-16H,1-8H2;1-3H3,(H,7,8). The average Bonchev–Trinajstić information content (AvgIpc) is 2.63. The van der Waals surface area contributed by atoms with E-state index in [-0.39, 0.29) is 13.2 Å². The molecular weight excluding hydrogens is 336 g/mol. The first-order valence-corrected chi connectivity index (χ1v) is 7.73. The van der Waals surface area contributed by atoms with Gasteiger partial charge in [-0.25, -0.2) is 4.79 Å². The van der Waals surface area contributed by atoms with Crippen LogP contribution in [0.5, 0.6) is 0 Å². The Labute approximate surface area is 147 Å². The Kier molecular flexibility index (Phi) is 13.8. The largest absolute Gasteiger partial charge is 0.478 e. The van der Waals surface area contributed by atoms with Gasteiger partial charge in [-0.1, -0.05) is 5.57 Å². The van der Waals surface area contributed by atoms with Gasteiger partial charge >= 0.3 is 5.97 Å². The van der Waals surface area contributed by atoms with Crippen molar-refractivity contribution in [1.82, 2.24) is 0 Å². The Morgan fingerprint density at radius 1 is 0.720 bits per heavy atom. The van der Waals surface area contributed by atoms with Crippen LogP contribution in [-0.4, -0.2) is 94.6 Å². The molecule has 0 spiro atoms. The Bertz CT molecular complexity index is 358. The lowest BCUT2D eigenvalue weighted by Crippen LogP contribution is -2.43. The van der Waals surface area contributed by atoms with Crippen LogP contribution >= 0.6 is 0 Å². The molecule has 0 fully saturated rings. The van der Waals surface area contributed by atoms with E-state index in [0.29, 0.717) is 5.57 Å². The van der Waals surface area contributed by atoms with Gasteiger partial charge in [0.15, 0.2) is 0 Å². The highest BCUT2D eigenvalue weighted by molar-refractivity contribution is 5.86. The summed E-state index contributed by atoms with van der Waals surface area (Å²) in [6, 6.07) is 0. The molecule has 0 rings (SSSR count). The van der Waals surface area contributed by atoms with Crippen molar-refractivity contribution >= 4 is 5.97 Å². The van der Waals surface area contributed by atoms with Gasteiger partial charge in [0.2, 0.25) is 0 Å². The fourth-order valence-electron chi connectivity index (χ4n) is 1.27. The van der Waals surface area contributed by atoms with Crippen molar-refractivity contribution in [3.8, 4) is 0 Å². The molecule has 7 N–H and O–H groups in total. The minimum Gasteiger partial charge on any atom is -0.478 e. The zero-order valence-corrected chi connectivity index (χ0v) is 15.1. The number of carbonyl (C=O) groups is 1. The molecule has 9 nitrogen and oxygen atoms in total. The van der Waals surface area contributed by atoms with Crippen LogP contribution < -0.4 is 0 Å². The number of aliphatic hydroxyl groups is 6. The number of hydrogen-bond donors (Lipinski definition) is 7. The third kappa shape index (κ3) is 9.26. The molecule has 0 saturated carbocycles. The summed E-state index contributed by atoms with van der Waals surface area (Å²) in [4.78, 5) is 10.1. The minimum absolute atomic E-state index is 0.141. The van der Waals surface area contributed by atoms with Crippen LogP contribution in [-0.2, 0) is 9.53 Å². The average molecular weight is 368 g/mol. The number of ether oxygens (including phenoxy) is 1. The predicted molar refractivity (Wildman–Crippen MR) is 89.9 cm³/mol. The van der Waals surface area contributed by atoms with E-state index in [1.165, 1.54) is 0 Å². The number of aliphatic carboxylic acids is 1. The molecule has 0 aliphatic heterocycles. The van der Waals surface area contributed by atoms with Crippen molar-refractivity contribution in [2.45, 2.75) is 20.8 Å². The molecule has 0 saturated heterocycles. The maximum absolute atomic E-state index is 10.1. The highest BCUT2D eigenvalue weighted by Gasteiger charge is 2.32. The second kappa shape index (κ2) is 13.2. The molecule has 0 aromatic heterocycles. The smallest absolute Gasteiger partial charge is 0.331 e. The minimum atomic E-state index is -1.16. The van der Waals surface area contributed by atoms with Gasteiger partial charge < -0.3 is 40.5 Å². The summed E-state index contributed by atoms with van der Waals surface area (Å²) in [5.74, 6) is -0.829. The molecule has 25 heavy (non-hydrogen) atoms. The van der Waals surface area contributed by atoms with Crippen LogP contribution in [0.3, 0.4) is 0 Å². The van der Waals surface area contributed by atoms with Gasteiger partial charge in [0.25, 0.3) is 0 Å². The number of hydrogen-bond acceptors (Lipinski definition) is 8. The number of aliphatic hydroxyl groups excluding tert-OH is 6. The topological polar surface area (TPSA) is 168 Å². The second-order valence-electron chi connectivity index (χ2n) is 6.37. The lowest BCUT2D eigenvalue weighted by atomic mass is 9.91. The Morgan fingerprint density at radius 3 is 1.12 bits per heavy atom. The zero-order chi connectivity index (χ0) is 20.1. The summed E-state index contributed by atoms with van der Waals surface area (Å²) >= 11 is 0. The molecule has 0 bridgehead atoms. The third-order valence-corrected chi connectivity index (χ3v) is 3.90. The zero-order valence-electron chi connectivity index (χ0n) is 15.1. The van der Waals surface area contributed by atoms with Crippen LogP contribution in [0.2, 0.25) is 0 Å². The molecule has 0 aliphatic carbocycles. The van der Waals surface area contributed by atoms with Crippen molar-refractivity contribution < 1.29 is 45.3 Å². The molecule has 0 radical (unpaired) electrons. The van der Waals surface area contributed by atoms with Crippen molar-refractivity contribution in [2.24, 2.45) is 10.8 Å². The van der Waals surface area contributed by atoms with Gasteiger partial charge in [0, 0.05) is 5.57 Å². The molecule has 0 aliphatic rings. The number of rotatable bonds is 11. The van der Waals surface area contributed by atoms with Gasteiger partial charge in [0.1, 0.15) is 0 Å². The second-order valence-corrected chi connectivity index (χ2v) is 6.37. The van der Waals surface area contributed by atoms with Crippen molar-refractivity contribution in [1.29, 1.82) is 0 Å². The van der Waals surface area contributed by atoms with E-state index >= 15 is 0 Å². The quantitative estimate of drug-likeness (QED) is 0.211. The van der Waals surface area contributed by atoms with Crippen LogP contribution in [0.4, 0.5) is 0 Å². The predicted octanol–water partition coefficient (Wildman–Crippen LogP) is -1.64. The van der Waals surface area contributed by atoms with Crippen LogP contribution in [0, 0.1) is 10.8 Å². The molecule has 150 valence electrons. The molecule has 0 amide bonds. The fourth-order valence-corrected chi connectivity index (χ4v) is 1.27. The first kappa shape index (κ1) is 26.2. The van der Waals surface area contributed by atoms with Crippen molar-refractivity contribution in [3.05, 3.63) is 11.1 Å². The number of allylic oxidation sites excluding steroid dienone is 1. The number of carboxylic acid groups (broad SMARTS) is 1. The van der Waals surface area contributed by atoms with E-state index in [0.717, 1.165) is 5.57 Å². The van der Waals surface area contributed by atoms with E-state index in [1.54, 1.807) is 20.8 Å². The van der Waals surface area contributed by atoms with Crippen molar-refractivity contribution in [2.75, 3.05) is 52.9 Å². The van der Waals surface area contributed by atoms with E-state index in [4.69, 9.17) is 40.5 Å². The maximum Gasteiger partial charge on any atom is 0.331 e. The Hall–Kier alpha value is -1.07. The first-order chi connectivity index (χ1) is 11.6.